The van der Waals surface area contributed by atoms with Crippen molar-refractivity contribution in [3.05, 3.63) is 30.3 Å². The Morgan fingerprint density at radius 3 is 1.62 bits per heavy atom. The zero-order valence-corrected chi connectivity index (χ0v) is 8.23. The van der Waals surface area contributed by atoms with Crippen LogP contribution in [0.15, 0.2) is 35.2 Å². The lowest BCUT2D eigenvalue weighted by atomic mass is 10.4. The van der Waals surface area contributed by atoms with E-state index in [4.69, 9.17) is 5.14 Å². The molecule has 0 fully saturated rings. The molecule has 0 heterocycles. The number of nitrogens with two attached hydrogens (primary N) is 1. The maximum absolute atomic E-state index is 10.6. The first-order chi connectivity index (χ1) is 4.61. The summed E-state index contributed by atoms with van der Waals surface area (Å²) in [7, 11) is -3.50. The van der Waals surface area contributed by atoms with Crippen LogP contribution in [-0.2, 0) is 10.0 Å². The molecule has 6 N–H and O–H groups in total. The molecule has 5 nitrogen and oxygen atoms in total. The lowest BCUT2D eigenvalue weighted by Crippen LogP contribution is -2.11. The predicted octanol–water partition coefficient (Wildman–Crippen LogP) is -0.894. The molecule has 1 aromatic rings. The Hall–Kier alpha value is -0.660. The van der Waals surface area contributed by atoms with Gasteiger partial charge in [0.1, 0.15) is 0 Å². The van der Waals surface area contributed by atoms with Gasteiger partial charge in [0.25, 0.3) is 0 Å². The van der Waals surface area contributed by atoms with Crippen LogP contribution in [0.1, 0.15) is 0 Å². The second kappa shape index (κ2) is 6.81. The number of hydrogen-bond donors (Lipinski definition) is 1. The molecule has 0 aliphatic carbocycles. The van der Waals surface area contributed by atoms with Gasteiger partial charge in [-0.3, -0.25) is 0 Å². The SMILES string of the molecule is Cl.NS(=O)(=O)c1ccccc1.O.O. The average molecular weight is 230 g/mol. The summed E-state index contributed by atoms with van der Waals surface area (Å²) in [5, 5.41) is 4.83. The van der Waals surface area contributed by atoms with E-state index in [1.54, 1.807) is 18.2 Å². The molecule has 0 bridgehead atoms. The van der Waals surface area contributed by atoms with Crippen LogP contribution in [0.3, 0.4) is 0 Å². The minimum atomic E-state index is -3.50. The van der Waals surface area contributed by atoms with Crippen LogP contribution < -0.4 is 5.14 Å². The minimum Gasteiger partial charge on any atom is -0.412 e. The van der Waals surface area contributed by atoms with Gasteiger partial charge >= 0.3 is 0 Å². The third-order valence-corrected chi connectivity index (χ3v) is 2.00. The van der Waals surface area contributed by atoms with E-state index in [0.29, 0.717) is 0 Å². The third-order valence-electron chi connectivity index (χ3n) is 1.07. The second-order valence-corrected chi connectivity index (χ2v) is 3.42. The molecule has 0 saturated carbocycles. The van der Waals surface area contributed by atoms with Gasteiger partial charge in [0.2, 0.25) is 10.0 Å². The summed E-state index contributed by atoms with van der Waals surface area (Å²) in [5.41, 5.74) is 0. The van der Waals surface area contributed by atoms with Crippen molar-refractivity contribution >= 4 is 22.4 Å². The number of halogens is 1. The molecular formula is C6H12ClNO4S. The Balaban J connectivity index is -0.000000333. The van der Waals surface area contributed by atoms with Crippen LogP contribution in [0.25, 0.3) is 0 Å². The molecule has 78 valence electrons. The Morgan fingerprint density at radius 2 is 1.38 bits per heavy atom. The standard InChI is InChI=1S/C6H7NO2S.ClH.2H2O/c7-10(8,9)6-4-2-1-3-5-6;;;/h1-5H,(H2,7,8,9);1H;2*1H2. The fourth-order valence-electron chi connectivity index (χ4n) is 0.610. The average Bonchev–Trinajstić information content (AvgIpc) is 1.88. The van der Waals surface area contributed by atoms with Crippen molar-refractivity contribution in [1.82, 2.24) is 0 Å². The van der Waals surface area contributed by atoms with Crippen molar-refractivity contribution in [1.29, 1.82) is 0 Å². The van der Waals surface area contributed by atoms with Gasteiger partial charge < -0.3 is 11.0 Å². The van der Waals surface area contributed by atoms with Crippen molar-refractivity contribution in [3.8, 4) is 0 Å². The van der Waals surface area contributed by atoms with Crippen LogP contribution in [0, 0.1) is 0 Å². The largest absolute Gasteiger partial charge is 0.412 e. The van der Waals surface area contributed by atoms with Gasteiger partial charge in [0.05, 0.1) is 4.90 Å². The number of benzene rings is 1. The quantitative estimate of drug-likeness (QED) is 0.671. The fourth-order valence-corrected chi connectivity index (χ4v) is 1.15. The summed E-state index contributed by atoms with van der Waals surface area (Å²) in [6.07, 6.45) is 0. The van der Waals surface area contributed by atoms with Gasteiger partial charge in [0.15, 0.2) is 0 Å². The van der Waals surface area contributed by atoms with Crippen molar-refractivity contribution in [2.45, 2.75) is 4.90 Å². The van der Waals surface area contributed by atoms with Gasteiger partial charge in [-0.15, -0.1) is 12.4 Å². The Bertz CT molecular complexity index is 313. The summed E-state index contributed by atoms with van der Waals surface area (Å²) >= 11 is 0. The van der Waals surface area contributed by atoms with E-state index in [1.165, 1.54) is 12.1 Å². The number of sulfonamides is 1. The van der Waals surface area contributed by atoms with Crippen LogP contribution in [0.5, 0.6) is 0 Å². The lowest BCUT2D eigenvalue weighted by Gasteiger charge is -1.93. The number of hydrogen-bond acceptors (Lipinski definition) is 2. The molecule has 0 radical (unpaired) electrons. The molecule has 0 spiro atoms. The van der Waals surface area contributed by atoms with Gasteiger partial charge in [-0.1, -0.05) is 18.2 Å². The molecule has 0 unspecified atom stereocenters. The highest BCUT2D eigenvalue weighted by Crippen LogP contribution is 2.02. The van der Waals surface area contributed by atoms with E-state index < -0.39 is 10.0 Å². The summed E-state index contributed by atoms with van der Waals surface area (Å²) in [6.45, 7) is 0. The van der Waals surface area contributed by atoms with E-state index in [2.05, 4.69) is 0 Å². The van der Waals surface area contributed by atoms with E-state index >= 15 is 0 Å². The van der Waals surface area contributed by atoms with Crippen LogP contribution in [0.4, 0.5) is 0 Å². The van der Waals surface area contributed by atoms with Gasteiger partial charge in [-0.2, -0.15) is 0 Å². The molecule has 0 aromatic heterocycles. The topological polar surface area (TPSA) is 123 Å². The Kier molecular flexibility index (Phi) is 9.53. The molecule has 0 amide bonds. The first-order valence-corrected chi connectivity index (χ1v) is 4.23. The van der Waals surface area contributed by atoms with Crippen LogP contribution >= 0.6 is 12.4 Å². The van der Waals surface area contributed by atoms with Crippen molar-refractivity contribution < 1.29 is 19.4 Å². The maximum atomic E-state index is 10.6. The summed E-state index contributed by atoms with van der Waals surface area (Å²) in [6, 6.07) is 7.89. The summed E-state index contributed by atoms with van der Waals surface area (Å²) in [5.74, 6) is 0. The van der Waals surface area contributed by atoms with E-state index in [1.807, 2.05) is 0 Å². The highest BCUT2D eigenvalue weighted by molar-refractivity contribution is 7.89. The van der Waals surface area contributed by atoms with Crippen LogP contribution in [-0.4, -0.2) is 19.4 Å². The molecule has 0 atom stereocenters. The van der Waals surface area contributed by atoms with Crippen molar-refractivity contribution in [2.75, 3.05) is 0 Å². The lowest BCUT2D eigenvalue weighted by molar-refractivity contribution is 0.598. The molecule has 0 saturated heterocycles. The van der Waals surface area contributed by atoms with Crippen LogP contribution in [0.2, 0.25) is 0 Å². The van der Waals surface area contributed by atoms with Crippen molar-refractivity contribution in [2.24, 2.45) is 5.14 Å². The highest BCUT2D eigenvalue weighted by atomic mass is 35.5. The Morgan fingerprint density at radius 1 is 1.00 bits per heavy atom. The molecule has 7 heteroatoms. The molecule has 0 aliphatic rings. The zero-order valence-electron chi connectivity index (χ0n) is 6.60. The van der Waals surface area contributed by atoms with Gasteiger partial charge in [-0.05, 0) is 12.1 Å². The summed E-state index contributed by atoms with van der Waals surface area (Å²) in [4.78, 5) is 0.148. The Labute approximate surface area is 82.6 Å². The van der Waals surface area contributed by atoms with Gasteiger partial charge in [-0.25, -0.2) is 13.6 Å². The molecule has 1 rings (SSSR count). The molecule has 13 heavy (non-hydrogen) atoms. The third kappa shape index (κ3) is 5.56. The number of primary sulfonamides is 1. The smallest absolute Gasteiger partial charge is 0.238 e. The van der Waals surface area contributed by atoms with E-state index in [-0.39, 0.29) is 28.3 Å². The predicted molar refractivity (Wildman–Crippen MR) is 52.3 cm³/mol. The van der Waals surface area contributed by atoms with Crippen molar-refractivity contribution in [3.63, 3.8) is 0 Å². The molecule has 1 aromatic carbocycles. The first-order valence-electron chi connectivity index (χ1n) is 2.68. The zero-order chi connectivity index (χ0) is 7.61. The summed E-state index contributed by atoms with van der Waals surface area (Å²) < 4.78 is 21.2. The van der Waals surface area contributed by atoms with E-state index in [0.717, 1.165) is 0 Å². The number of rotatable bonds is 1. The monoisotopic (exact) mass is 229 g/mol. The normalized spacial score (nSPS) is 8.69. The van der Waals surface area contributed by atoms with Gasteiger partial charge in [0, 0.05) is 0 Å². The second-order valence-electron chi connectivity index (χ2n) is 1.86. The molecule has 0 aliphatic heterocycles. The highest BCUT2D eigenvalue weighted by Gasteiger charge is 2.03. The molecular weight excluding hydrogens is 218 g/mol. The first kappa shape index (κ1) is 18.2. The minimum absolute atomic E-state index is 0. The maximum Gasteiger partial charge on any atom is 0.238 e. The van der Waals surface area contributed by atoms with E-state index in [9.17, 15) is 8.42 Å². The fraction of sp³-hybridized carbons (Fsp3) is 0.